The first-order valence-electron chi connectivity index (χ1n) is 7.36. The SMILES string of the molecule is CC/C=C\C/C=C\C/C=C\C/C=C\CCCC[C]=O. The Morgan fingerprint density at radius 2 is 1.26 bits per heavy atom. The molecule has 0 aliphatic carbocycles. The maximum atomic E-state index is 9.98. The molecule has 0 fully saturated rings. The molecular weight excluding hydrogens is 232 g/mol. The summed E-state index contributed by atoms with van der Waals surface area (Å²) in [6.45, 7) is 2.15. The zero-order valence-corrected chi connectivity index (χ0v) is 12.2. The predicted molar refractivity (Wildman–Crippen MR) is 84.9 cm³/mol. The maximum absolute atomic E-state index is 9.98. The highest BCUT2D eigenvalue weighted by atomic mass is 16.1. The lowest BCUT2D eigenvalue weighted by Crippen LogP contribution is -1.75. The van der Waals surface area contributed by atoms with Gasteiger partial charge in [0.2, 0.25) is 0 Å². The van der Waals surface area contributed by atoms with Crippen LogP contribution in [0.25, 0.3) is 0 Å². The molecule has 19 heavy (non-hydrogen) atoms. The molecule has 0 heterocycles. The van der Waals surface area contributed by atoms with Crippen LogP contribution in [-0.2, 0) is 4.79 Å². The van der Waals surface area contributed by atoms with Crippen LogP contribution in [0.2, 0.25) is 0 Å². The van der Waals surface area contributed by atoms with Gasteiger partial charge in [0.05, 0.1) is 0 Å². The van der Waals surface area contributed by atoms with E-state index in [-0.39, 0.29) is 0 Å². The minimum Gasteiger partial charge on any atom is -0.291 e. The largest absolute Gasteiger partial charge is 0.291 e. The molecule has 0 aromatic carbocycles. The van der Waals surface area contributed by atoms with E-state index in [4.69, 9.17) is 0 Å². The van der Waals surface area contributed by atoms with Crippen LogP contribution in [0.4, 0.5) is 0 Å². The van der Waals surface area contributed by atoms with Crippen molar-refractivity contribution in [3.05, 3.63) is 48.6 Å². The van der Waals surface area contributed by atoms with Crippen molar-refractivity contribution in [1.82, 2.24) is 0 Å². The van der Waals surface area contributed by atoms with Crippen molar-refractivity contribution in [3.63, 3.8) is 0 Å². The van der Waals surface area contributed by atoms with Gasteiger partial charge in [0.1, 0.15) is 0 Å². The maximum Gasteiger partial charge on any atom is 0.198 e. The fraction of sp³-hybridized carbons (Fsp3) is 0.500. The van der Waals surface area contributed by atoms with Gasteiger partial charge in [-0.2, -0.15) is 0 Å². The average molecular weight is 259 g/mol. The fourth-order valence-corrected chi connectivity index (χ4v) is 1.56. The van der Waals surface area contributed by atoms with Crippen molar-refractivity contribution in [1.29, 1.82) is 0 Å². The number of hydrogen-bond acceptors (Lipinski definition) is 1. The Morgan fingerprint density at radius 3 is 1.79 bits per heavy atom. The summed E-state index contributed by atoms with van der Waals surface area (Å²) in [7, 11) is 0. The smallest absolute Gasteiger partial charge is 0.198 e. The summed E-state index contributed by atoms with van der Waals surface area (Å²) in [5.41, 5.74) is 0. The lowest BCUT2D eigenvalue weighted by atomic mass is 10.2. The van der Waals surface area contributed by atoms with E-state index in [9.17, 15) is 4.79 Å². The highest BCUT2D eigenvalue weighted by Gasteiger charge is 1.84. The van der Waals surface area contributed by atoms with Crippen molar-refractivity contribution in [3.8, 4) is 0 Å². The summed E-state index contributed by atoms with van der Waals surface area (Å²) < 4.78 is 0. The van der Waals surface area contributed by atoms with Gasteiger partial charge in [0, 0.05) is 6.42 Å². The summed E-state index contributed by atoms with van der Waals surface area (Å²) in [4.78, 5) is 9.98. The number of carbonyl (C=O) groups excluding carboxylic acids is 1. The summed E-state index contributed by atoms with van der Waals surface area (Å²) in [6.07, 6.45) is 27.4. The van der Waals surface area contributed by atoms with E-state index in [1.165, 1.54) is 0 Å². The minimum atomic E-state index is 0.577. The molecule has 0 rings (SSSR count). The molecule has 1 nitrogen and oxygen atoms in total. The lowest BCUT2D eigenvalue weighted by Gasteiger charge is -1.90. The molecular formula is C18H27O. The first-order valence-corrected chi connectivity index (χ1v) is 7.36. The molecule has 1 radical (unpaired) electrons. The molecule has 0 aliphatic heterocycles. The third kappa shape index (κ3) is 16.6. The second-order valence-electron chi connectivity index (χ2n) is 4.39. The second-order valence-corrected chi connectivity index (χ2v) is 4.39. The van der Waals surface area contributed by atoms with Gasteiger partial charge in [-0.3, -0.25) is 4.79 Å². The molecule has 0 aliphatic rings. The number of allylic oxidation sites excluding steroid dienone is 8. The molecule has 0 N–H and O–H groups in total. The van der Waals surface area contributed by atoms with Crippen LogP contribution >= 0.6 is 0 Å². The fourth-order valence-electron chi connectivity index (χ4n) is 1.56. The summed E-state index contributed by atoms with van der Waals surface area (Å²) >= 11 is 0. The molecule has 0 amide bonds. The molecule has 0 aromatic rings. The van der Waals surface area contributed by atoms with Crippen molar-refractivity contribution in [2.45, 2.75) is 58.3 Å². The van der Waals surface area contributed by atoms with E-state index in [1.54, 1.807) is 0 Å². The first-order chi connectivity index (χ1) is 9.41. The summed E-state index contributed by atoms with van der Waals surface area (Å²) in [5, 5.41) is 0. The van der Waals surface area contributed by atoms with Crippen LogP contribution in [-0.4, -0.2) is 6.29 Å². The van der Waals surface area contributed by atoms with Crippen LogP contribution in [0.1, 0.15) is 58.3 Å². The average Bonchev–Trinajstić information content (AvgIpc) is 2.43. The van der Waals surface area contributed by atoms with Crippen LogP contribution in [0, 0.1) is 0 Å². The van der Waals surface area contributed by atoms with Gasteiger partial charge in [0.25, 0.3) is 0 Å². The standard InChI is InChI=1S/C18H27O/c1-2-3-4-5-6-7-8-9-10-11-12-13-14-15-16-17-18-19/h3-4,6-7,9-10,12-13H,2,5,8,11,14-17H2,1H3/b4-3-,7-6-,10-9-,13-12-. The molecule has 1 heteroatoms. The first kappa shape index (κ1) is 17.6. The van der Waals surface area contributed by atoms with E-state index >= 15 is 0 Å². The highest BCUT2D eigenvalue weighted by molar-refractivity contribution is 5.50. The molecule has 0 aromatic heterocycles. The molecule has 0 saturated heterocycles. The van der Waals surface area contributed by atoms with Crippen molar-refractivity contribution < 1.29 is 4.79 Å². The Hall–Kier alpha value is -1.37. The van der Waals surface area contributed by atoms with Crippen LogP contribution in [0.5, 0.6) is 0 Å². The summed E-state index contributed by atoms with van der Waals surface area (Å²) in [5.74, 6) is 0. The van der Waals surface area contributed by atoms with E-state index in [0.29, 0.717) is 6.42 Å². The van der Waals surface area contributed by atoms with Gasteiger partial charge < -0.3 is 0 Å². The third-order valence-corrected chi connectivity index (χ3v) is 2.62. The highest BCUT2D eigenvalue weighted by Crippen LogP contribution is 2.00. The van der Waals surface area contributed by atoms with Crippen molar-refractivity contribution in [2.24, 2.45) is 0 Å². The number of rotatable bonds is 12. The third-order valence-electron chi connectivity index (χ3n) is 2.62. The zero-order chi connectivity index (χ0) is 14.0. The number of unbranched alkanes of at least 4 members (excludes halogenated alkanes) is 3. The summed E-state index contributed by atoms with van der Waals surface area (Å²) in [6, 6.07) is 0. The van der Waals surface area contributed by atoms with Crippen LogP contribution in [0.15, 0.2) is 48.6 Å². The van der Waals surface area contributed by atoms with Gasteiger partial charge in [-0.05, 0) is 44.9 Å². The Kier molecular flexibility index (Phi) is 15.4. The van der Waals surface area contributed by atoms with E-state index in [0.717, 1.165) is 44.9 Å². The predicted octanol–water partition coefficient (Wildman–Crippen LogP) is 5.46. The Bertz CT molecular complexity index is 295. The molecule has 105 valence electrons. The zero-order valence-electron chi connectivity index (χ0n) is 12.2. The minimum absolute atomic E-state index is 0.577. The van der Waals surface area contributed by atoms with Crippen LogP contribution < -0.4 is 0 Å². The van der Waals surface area contributed by atoms with Crippen LogP contribution in [0.3, 0.4) is 0 Å². The Labute approximate surface area is 118 Å². The second kappa shape index (κ2) is 16.6. The monoisotopic (exact) mass is 259 g/mol. The Morgan fingerprint density at radius 1 is 0.737 bits per heavy atom. The quantitative estimate of drug-likeness (QED) is 0.336. The van der Waals surface area contributed by atoms with Gasteiger partial charge in [0.15, 0.2) is 6.29 Å². The van der Waals surface area contributed by atoms with E-state index in [1.807, 2.05) is 6.29 Å². The van der Waals surface area contributed by atoms with E-state index < -0.39 is 0 Å². The molecule has 0 saturated carbocycles. The van der Waals surface area contributed by atoms with E-state index in [2.05, 4.69) is 55.5 Å². The molecule has 0 bridgehead atoms. The van der Waals surface area contributed by atoms with Crippen molar-refractivity contribution >= 4 is 6.29 Å². The van der Waals surface area contributed by atoms with Gasteiger partial charge in [-0.15, -0.1) is 0 Å². The van der Waals surface area contributed by atoms with Crippen molar-refractivity contribution in [2.75, 3.05) is 0 Å². The Balaban J connectivity index is 3.35. The lowest BCUT2D eigenvalue weighted by molar-refractivity contribution is 0.547. The molecule has 0 spiro atoms. The molecule has 0 unspecified atom stereocenters. The number of hydrogen-bond donors (Lipinski definition) is 0. The van der Waals surface area contributed by atoms with Gasteiger partial charge >= 0.3 is 0 Å². The topological polar surface area (TPSA) is 17.1 Å². The molecule has 0 atom stereocenters. The van der Waals surface area contributed by atoms with Gasteiger partial charge in [-0.25, -0.2) is 0 Å². The normalized spacial score (nSPS) is 12.5. The van der Waals surface area contributed by atoms with Gasteiger partial charge in [-0.1, -0.05) is 55.5 Å².